The second-order valence-electron chi connectivity index (χ2n) is 3.35. The summed E-state index contributed by atoms with van der Waals surface area (Å²) in [7, 11) is 0. The quantitative estimate of drug-likeness (QED) is 0.601. The lowest BCUT2D eigenvalue weighted by atomic mass is 10.2. The van der Waals surface area contributed by atoms with E-state index in [4.69, 9.17) is 0 Å². The number of aromatic nitrogens is 1. The SMILES string of the molecule is CC(=O)OCCNC(=O)c1cncc(C)c1. The molecule has 0 fully saturated rings. The van der Waals surface area contributed by atoms with E-state index in [2.05, 4.69) is 15.0 Å². The fraction of sp³-hybridized carbons (Fsp3) is 0.364. The van der Waals surface area contributed by atoms with Crippen molar-refractivity contribution in [2.24, 2.45) is 0 Å². The van der Waals surface area contributed by atoms with Gasteiger partial charge in [-0.25, -0.2) is 0 Å². The highest BCUT2D eigenvalue weighted by atomic mass is 16.5. The predicted octanol–water partition coefficient (Wildman–Crippen LogP) is 0.683. The fourth-order valence-corrected chi connectivity index (χ4v) is 1.14. The number of rotatable bonds is 4. The van der Waals surface area contributed by atoms with Crippen LogP contribution in [0.15, 0.2) is 18.5 Å². The van der Waals surface area contributed by atoms with Gasteiger partial charge in [-0.1, -0.05) is 0 Å². The van der Waals surface area contributed by atoms with Crippen molar-refractivity contribution < 1.29 is 14.3 Å². The van der Waals surface area contributed by atoms with Crippen LogP contribution < -0.4 is 5.32 Å². The molecule has 0 radical (unpaired) electrons. The number of hydrogen-bond acceptors (Lipinski definition) is 4. The van der Waals surface area contributed by atoms with Crippen molar-refractivity contribution in [1.82, 2.24) is 10.3 Å². The van der Waals surface area contributed by atoms with Crippen LogP contribution in [0.25, 0.3) is 0 Å². The fourth-order valence-electron chi connectivity index (χ4n) is 1.14. The minimum atomic E-state index is -0.355. The third-order valence-corrected chi connectivity index (χ3v) is 1.83. The largest absolute Gasteiger partial charge is 0.464 e. The van der Waals surface area contributed by atoms with Crippen LogP contribution in [0.3, 0.4) is 0 Å². The van der Waals surface area contributed by atoms with Gasteiger partial charge in [0.2, 0.25) is 0 Å². The van der Waals surface area contributed by atoms with Crippen molar-refractivity contribution in [2.45, 2.75) is 13.8 Å². The van der Waals surface area contributed by atoms with Gasteiger partial charge in [-0.3, -0.25) is 14.6 Å². The third-order valence-electron chi connectivity index (χ3n) is 1.83. The van der Waals surface area contributed by atoms with Gasteiger partial charge in [-0.2, -0.15) is 0 Å². The van der Waals surface area contributed by atoms with Gasteiger partial charge in [0, 0.05) is 19.3 Å². The lowest BCUT2D eigenvalue weighted by molar-refractivity contribution is -0.140. The van der Waals surface area contributed by atoms with Gasteiger partial charge in [0.05, 0.1) is 12.1 Å². The Morgan fingerprint density at radius 3 is 2.81 bits per heavy atom. The Bertz CT molecular complexity index is 391. The van der Waals surface area contributed by atoms with Gasteiger partial charge in [0.25, 0.3) is 5.91 Å². The molecule has 0 spiro atoms. The maximum Gasteiger partial charge on any atom is 0.302 e. The summed E-state index contributed by atoms with van der Waals surface area (Å²) in [4.78, 5) is 25.9. The highest BCUT2D eigenvalue weighted by Crippen LogP contribution is 2.00. The standard InChI is InChI=1S/C11H14N2O3/c1-8-5-10(7-12-6-8)11(15)13-3-4-16-9(2)14/h5-7H,3-4H2,1-2H3,(H,13,15). The van der Waals surface area contributed by atoms with Crippen LogP contribution in [0.2, 0.25) is 0 Å². The van der Waals surface area contributed by atoms with Crippen LogP contribution in [0.5, 0.6) is 0 Å². The van der Waals surface area contributed by atoms with Crippen LogP contribution in [-0.2, 0) is 9.53 Å². The average Bonchev–Trinajstić information content (AvgIpc) is 2.24. The van der Waals surface area contributed by atoms with E-state index in [1.165, 1.54) is 13.1 Å². The van der Waals surface area contributed by atoms with Crippen LogP contribution in [0.4, 0.5) is 0 Å². The summed E-state index contributed by atoms with van der Waals surface area (Å²) >= 11 is 0. The maximum absolute atomic E-state index is 11.5. The normalized spacial score (nSPS) is 9.62. The van der Waals surface area contributed by atoms with Crippen LogP contribution >= 0.6 is 0 Å². The van der Waals surface area contributed by atoms with E-state index in [1.807, 2.05) is 6.92 Å². The zero-order valence-electron chi connectivity index (χ0n) is 9.32. The van der Waals surface area contributed by atoms with Crippen LogP contribution in [0.1, 0.15) is 22.8 Å². The van der Waals surface area contributed by atoms with Crippen molar-refractivity contribution >= 4 is 11.9 Å². The number of amides is 1. The molecule has 0 unspecified atom stereocenters. The molecule has 1 heterocycles. The molecule has 16 heavy (non-hydrogen) atoms. The topological polar surface area (TPSA) is 68.3 Å². The molecule has 1 amide bonds. The molecule has 0 aromatic carbocycles. The summed E-state index contributed by atoms with van der Waals surface area (Å²) in [6.45, 7) is 3.67. The van der Waals surface area contributed by atoms with E-state index in [1.54, 1.807) is 12.3 Å². The molecule has 86 valence electrons. The maximum atomic E-state index is 11.5. The van der Waals surface area contributed by atoms with E-state index in [0.29, 0.717) is 12.1 Å². The Morgan fingerprint density at radius 1 is 1.44 bits per heavy atom. The number of pyridine rings is 1. The van der Waals surface area contributed by atoms with Gasteiger partial charge in [-0.15, -0.1) is 0 Å². The minimum Gasteiger partial charge on any atom is -0.464 e. The number of carbonyl (C=O) groups is 2. The van der Waals surface area contributed by atoms with Crippen molar-refractivity contribution in [1.29, 1.82) is 0 Å². The summed E-state index contributed by atoms with van der Waals surface area (Å²) < 4.78 is 4.68. The lowest BCUT2D eigenvalue weighted by Crippen LogP contribution is -2.27. The second-order valence-corrected chi connectivity index (χ2v) is 3.35. The monoisotopic (exact) mass is 222 g/mol. The predicted molar refractivity (Wildman–Crippen MR) is 57.9 cm³/mol. The number of aryl methyl sites for hydroxylation is 1. The number of ether oxygens (including phenoxy) is 1. The Labute approximate surface area is 93.8 Å². The van der Waals surface area contributed by atoms with Gasteiger partial charge in [-0.05, 0) is 18.6 Å². The Hall–Kier alpha value is -1.91. The minimum absolute atomic E-state index is 0.181. The average molecular weight is 222 g/mol. The molecular weight excluding hydrogens is 208 g/mol. The van der Waals surface area contributed by atoms with Crippen molar-refractivity contribution in [3.63, 3.8) is 0 Å². The van der Waals surface area contributed by atoms with E-state index < -0.39 is 0 Å². The molecule has 1 aromatic rings. The van der Waals surface area contributed by atoms with Gasteiger partial charge >= 0.3 is 5.97 Å². The Morgan fingerprint density at radius 2 is 2.19 bits per heavy atom. The number of carbonyl (C=O) groups excluding carboxylic acids is 2. The molecule has 0 saturated heterocycles. The van der Waals surface area contributed by atoms with Gasteiger partial charge in [0.1, 0.15) is 6.61 Å². The molecule has 0 bridgehead atoms. The first-order chi connectivity index (χ1) is 7.59. The summed E-state index contributed by atoms with van der Waals surface area (Å²) in [5, 5.41) is 2.63. The van der Waals surface area contributed by atoms with Gasteiger partial charge in [0.15, 0.2) is 0 Å². The summed E-state index contributed by atoms with van der Waals surface area (Å²) in [6, 6.07) is 1.74. The third kappa shape index (κ3) is 4.08. The summed E-state index contributed by atoms with van der Waals surface area (Å²) in [5.74, 6) is -0.574. The zero-order chi connectivity index (χ0) is 12.0. The number of hydrogen-bond donors (Lipinski definition) is 1. The van der Waals surface area contributed by atoms with Crippen molar-refractivity contribution in [2.75, 3.05) is 13.2 Å². The van der Waals surface area contributed by atoms with E-state index in [-0.39, 0.29) is 18.5 Å². The Balaban J connectivity index is 2.38. The van der Waals surface area contributed by atoms with Crippen LogP contribution in [-0.4, -0.2) is 30.0 Å². The first kappa shape index (κ1) is 12.2. The van der Waals surface area contributed by atoms with E-state index in [9.17, 15) is 9.59 Å². The van der Waals surface area contributed by atoms with Crippen LogP contribution in [0, 0.1) is 6.92 Å². The highest BCUT2D eigenvalue weighted by molar-refractivity contribution is 5.93. The molecule has 0 aliphatic rings. The molecule has 1 rings (SSSR count). The molecule has 5 heteroatoms. The summed E-state index contributed by atoms with van der Waals surface area (Å²) in [6.07, 6.45) is 3.17. The molecule has 0 atom stereocenters. The number of esters is 1. The molecule has 0 aliphatic carbocycles. The second kappa shape index (κ2) is 5.85. The highest BCUT2D eigenvalue weighted by Gasteiger charge is 2.05. The van der Waals surface area contributed by atoms with Crippen molar-refractivity contribution in [3.05, 3.63) is 29.6 Å². The molecule has 1 N–H and O–H groups in total. The lowest BCUT2D eigenvalue weighted by Gasteiger charge is -2.05. The smallest absolute Gasteiger partial charge is 0.302 e. The molecule has 0 saturated carbocycles. The zero-order valence-corrected chi connectivity index (χ0v) is 9.32. The number of nitrogens with zero attached hydrogens (tertiary/aromatic N) is 1. The first-order valence-electron chi connectivity index (χ1n) is 4.93. The first-order valence-corrected chi connectivity index (χ1v) is 4.93. The van der Waals surface area contributed by atoms with Crippen molar-refractivity contribution in [3.8, 4) is 0 Å². The molecule has 1 aromatic heterocycles. The number of nitrogens with one attached hydrogen (secondary N) is 1. The molecule has 5 nitrogen and oxygen atoms in total. The van der Waals surface area contributed by atoms with E-state index >= 15 is 0 Å². The molecular formula is C11H14N2O3. The Kier molecular flexibility index (Phi) is 4.44. The van der Waals surface area contributed by atoms with Gasteiger partial charge < -0.3 is 10.1 Å². The molecule has 0 aliphatic heterocycles. The van der Waals surface area contributed by atoms with E-state index in [0.717, 1.165) is 5.56 Å². The summed E-state index contributed by atoms with van der Waals surface area (Å²) in [5.41, 5.74) is 1.43.